The van der Waals surface area contributed by atoms with Crippen LogP contribution in [0.2, 0.25) is 0 Å². The summed E-state index contributed by atoms with van der Waals surface area (Å²) in [7, 11) is 1.63. The van der Waals surface area contributed by atoms with Crippen molar-refractivity contribution < 1.29 is 23.7 Å². The molecule has 0 spiro atoms. The topological polar surface area (TPSA) is 91.6 Å². The Morgan fingerprint density at radius 2 is 2.02 bits per heavy atom. The van der Waals surface area contributed by atoms with Gasteiger partial charge in [-0.1, -0.05) is 18.2 Å². The van der Waals surface area contributed by atoms with Crippen molar-refractivity contribution in [1.82, 2.24) is 4.98 Å². The number of quaternary nitrogens is 1. The summed E-state index contributed by atoms with van der Waals surface area (Å²) in [6.07, 6.45) is 5.05. The van der Waals surface area contributed by atoms with Gasteiger partial charge in [-0.3, -0.25) is 19.9 Å². The zero-order chi connectivity index (χ0) is 28.7. The first-order valence-corrected chi connectivity index (χ1v) is 13.9. The molecule has 1 aromatic heterocycles. The molecule has 3 aliphatic rings. The molecule has 5 atom stereocenters. The van der Waals surface area contributed by atoms with Crippen LogP contribution in [0.25, 0.3) is 10.9 Å². The predicted molar refractivity (Wildman–Crippen MR) is 154 cm³/mol. The number of carbonyl (C=O) groups excluding carboxylic acids is 1. The van der Waals surface area contributed by atoms with E-state index in [1.807, 2.05) is 63.2 Å². The van der Waals surface area contributed by atoms with Crippen LogP contribution in [0.3, 0.4) is 0 Å². The lowest BCUT2D eigenvalue weighted by molar-refractivity contribution is -0.984. The van der Waals surface area contributed by atoms with Gasteiger partial charge in [0.2, 0.25) is 0 Å². The number of pyridine rings is 1. The third kappa shape index (κ3) is 5.08. The van der Waals surface area contributed by atoms with E-state index >= 15 is 0 Å². The summed E-state index contributed by atoms with van der Waals surface area (Å²) in [4.78, 5) is 29.8. The maximum atomic E-state index is 13.5. The minimum Gasteiger partial charge on any atom is -0.497 e. The van der Waals surface area contributed by atoms with Crippen molar-refractivity contribution in [3.63, 3.8) is 0 Å². The van der Waals surface area contributed by atoms with Crippen LogP contribution in [0.1, 0.15) is 50.8 Å². The molecule has 6 rings (SSSR count). The number of nitrogens with zero attached hydrogens (tertiary/aromatic N) is 3. The van der Waals surface area contributed by atoms with Gasteiger partial charge in [-0.2, -0.15) is 0 Å². The fraction of sp³-hybridized carbons (Fsp3) is 0.438. The number of nitro groups is 1. The van der Waals surface area contributed by atoms with Crippen LogP contribution in [-0.2, 0) is 16.1 Å². The Kier molecular flexibility index (Phi) is 7.40. The van der Waals surface area contributed by atoms with Gasteiger partial charge in [0.05, 0.1) is 41.6 Å². The number of ether oxygens (including phenoxy) is 2. The number of rotatable bonds is 8. The molecule has 8 nitrogen and oxygen atoms in total. The zero-order valence-electron chi connectivity index (χ0n) is 23.7. The molecule has 3 aliphatic heterocycles. The average molecular weight is 545 g/mol. The van der Waals surface area contributed by atoms with E-state index in [0.717, 1.165) is 42.4 Å². The average Bonchev–Trinajstić information content (AvgIpc) is 2.94. The molecule has 4 heterocycles. The second kappa shape index (κ2) is 10.7. The molecule has 2 aromatic carbocycles. The van der Waals surface area contributed by atoms with Crippen molar-refractivity contribution in [2.75, 3.05) is 20.2 Å². The molecule has 0 radical (unpaired) electrons. The standard InChI is InChI=1S/C32H38N3O5/c1-6-21-19-35(20-23-9-7-8-10-28(23)34(37)38)16-14-22(21)17-29(35)30(40-31(36)32(2,3)4)25-13-15-33-27-12-11-24(39-5)18-26(25)27/h6-13,15,18,21-22,29-30H,1,14,16-17,19-20H2,2-5H3/q+1/t21?,22?,29-,30-,35?/m1/s1. The Morgan fingerprint density at radius 1 is 1.25 bits per heavy atom. The SMILES string of the molecule is C=CC1C[N+]2(Cc3ccccc3[N+](=O)[O-])CCC1C[C@@H]2[C@H](OC(=O)C(C)(C)C)c1ccnc2ccc(OC)cc12. The third-order valence-corrected chi connectivity index (χ3v) is 8.83. The molecule has 0 N–H and O–H groups in total. The summed E-state index contributed by atoms with van der Waals surface area (Å²) in [6.45, 7) is 11.8. The summed E-state index contributed by atoms with van der Waals surface area (Å²) >= 11 is 0. The fourth-order valence-corrected chi connectivity index (χ4v) is 6.69. The molecule has 3 unspecified atom stereocenters. The Bertz CT molecular complexity index is 1450. The van der Waals surface area contributed by atoms with Gasteiger partial charge in [0.15, 0.2) is 6.10 Å². The highest BCUT2D eigenvalue weighted by atomic mass is 16.6. The first kappa shape index (κ1) is 27.8. The highest BCUT2D eigenvalue weighted by Gasteiger charge is 2.56. The minimum atomic E-state index is -0.700. The quantitative estimate of drug-likeness (QED) is 0.107. The molecule has 210 valence electrons. The van der Waals surface area contributed by atoms with Crippen LogP contribution in [0.5, 0.6) is 5.75 Å². The van der Waals surface area contributed by atoms with Crippen LogP contribution < -0.4 is 4.74 Å². The minimum absolute atomic E-state index is 0.0992. The monoisotopic (exact) mass is 544 g/mol. The smallest absolute Gasteiger partial charge is 0.312 e. The lowest BCUT2D eigenvalue weighted by Gasteiger charge is -2.58. The lowest BCUT2D eigenvalue weighted by Crippen LogP contribution is -2.68. The molecule has 0 aliphatic carbocycles. The highest BCUT2D eigenvalue weighted by Crippen LogP contribution is 2.50. The molecule has 3 fully saturated rings. The van der Waals surface area contributed by atoms with E-state index in [0.29, 0.717) is 34.2 Å². The molecule has 0 saturated carbocycles. The van der Waals surface area contributed by atoms with Crippen LogP contribution in [0, 0.1) is 27.4 Å². The van der Waals surface area contributed by atoms with E-state index in [1.54, 1.807) is 25.4 Å². The van der Waals surface area contributed by atoms with Crippen LogP contribution in [0.15, 0.2) is 67.4 Å². The van der Waals surface area contributed by atoms with E-state index in [1.165, 1.54) is 0 Å². The number of methoxy groups -OCH3 is 1. The van der Waals surface area contributed by atoms with Crippen LogP contribution >= 0.6 is 0 Å². The molecule has 3 aromatic rings. The summed E-state index contributed by atoms with van der Waals surface area (Å²) in [5.41, 5.74) is 1.80. The van der Waals surface area contributed by atoms with Crippen LogP contribution in [-0.4, -0.2) is 46.6 Å². The number of esters is 1. The molecule has 8 heteroatoms. The molecular formula is C32H38N3O5+. The van der Waals surface area contributed by atoms with E-state index < -0.39 is 11.5 Å². The molecule has 40 heavy (non-hydrogen) atoms. The number of fused-ring (bicyclic) bond motifs is 4. The number of nitro benzene ring substituents is 1. The zero-order valence-corrected chi connectivity index (χ0v) is 23.7. The summed E-state index contributed by atoms with van der Waals surface area (Å²) in [5.74, 6) is 1.12. The number of hydrogen-bond acceptors (Lipinski definition) is 6. The number of aromatic nitrogens is 1. The summed E-state index contributed by atoms with van der Waals surface area (Å²) < 4.78 is 12.6. The molecule has 3 saturated heterocycles. The second-order valence-electron chi connectivity index (χ2n) is 12.3. The van der Waals surface area contributed by atoms with Crippen molar-refractivity contribution in [2.45, 2.75) is 52.3 Å². The van der Waals surface area contributed by atoms with Gasteiger partial charge in [-0.05, 0) is 57.0 Å². The van der Waals surface area contributed by atoms with E-state index in [4.69, 9.17) is 9.47 Å². The lowest BCUT2D eigenvalue weighted by atomic mass is 9.71. The van der Waals surface area contributed by atoms with Gasteiger partial charge in [-0.25, -0.2) is 0 Å². The third-order valence-electron chi connectivity index (χ3n) is 8.83. The Labute approximate surface area is 235 Å². The summed E-state index contributed by atoms with van der Waals surface area (Å²) in [6, 6.07) is 14.6. The number of benzene rings is 2. The maximum Gasteiger partial charge on any atom is 0.312 e. The van der Waals surface area contributed by atoms with Gasteiger partial charge < -0.3 is 14.0 Å². The number of hydrogen-bond donors (Lipinski definition) is 0. The Morgan fingerprint density at radius 3 is 2.73 bits per heavy atom. The molecule has 2 bridgehead atoms. The molecule has 0 amide bonds. The Balaban J connectivity index is 1.68. The number of piperidine rings is 3. The van der Waals surface area contributed by atoms with Crippen molar-refractivity contribution >= 4 is 22.6 Å². The van der Waals surface area contributed by atoms with E-state index in [9.17, 15) is 14.9 Å². The van der Waals surface area contributed by atoms with E-state index in [-0.39, 0.29) is 22.6 Å². The van der Waals surface area contributed by atoms with Crippen molar-refractivity contribution in [3.05, 3.63) is 88.6 Å². The largest absolute Gasteiger partial charge is 0.497 e. The number of carbonyl (C=O) groups is 1. The normalized spacial score (nSPS) is 24.9. The summed E-state index contributed by atoms with van der Waals surface area (Å²) in [5, 5.41) is 12.9. The first-order chi connectivity index (χ1) is 19.1. The maximum absolute atomic E-state index is 13.5. The van der Waals surface area contributed by atoms with Crippen molar-refractivity contribution in [1.29, 1.82) is 0 Å². The predicted octanol–water partition coefficient (Wildman–Crippen LogP) is 6.39. The first-order valence-electron chi connectivity index (χ1n) is 13.9. The number of para-hydroxylation sites is 1. The van der Waals surface area contributed by atoms with E-state index in [2.05, 4.69) is 11.6 Å². The van der Waals surface area contributed by atoms with Crippen molar-refractivity contribution in [2.24, 2.45) is 17.3 Å². The second-order valence-corrected chi connectivity index (χ2v) is 12.3. The Hall–Kier alpha value is -3.78. The van der Waals surface area contributed by atoms with Gasteiger partial charge in [0.25, 0.3) is 5.69 Å². The fourth-order valence-electron chi connectivity index (χ4n) is 6.69. The van der Waals surface area contributed by atoms with Gasteiger partial charge in [-0.15, -0.1) is 6.58 Å². The molecular weight excluding hydrogens is 506 g/mol. The van der Waals surface area contributed by atoms with Crippen LogP contribution in [0.4, 0.5) is 5.69 Å². The van der Waals surface area contributed by atoms with Crippen molar-refractivity contribution in [3.8, 4) is 5.75 Å². The van der Waals surface area contributed by atoms with Gasteiger partial charge in [0, 0.05) is 42.0 Å². The van der Waals surface area contributed by atoms with Gasteiger partial charge in [0.1, 0.15) is 18.3 Å². The highest BCUT2D eigenvalue weighted by molar-refractivity contribution is 5.84. The van der Waals surface area contributed by atoms with Gasteiger partial charge >= 0.3 is 5.97 Å².